The maximum absolute atomic E-state index is 14.8. The second-order valence-electron chi connectivity index (χ2n) is 11.6. The number of hydrogen-bond donors (Lipinski definition) is 1. The van der Waals surface area contributed by atoms with Crippen molar-refractivity contribution >= 4 is 46.0 Å². The maximum Gasteiger partial charge on any atom is 0.238 e. The van der Waals surface area contributed by atoms with Gasteiger partial charge in [0.15, 0.2) is 11.6 Å². The van der Waals surface area contributed by atoms with Crippen LogP contribution in [-0.4, -0.2) is 29.6 Å². The average molecular weight is 573 g/mol. The zero-order valence-electron chi connectivity index (χ0n) is 23.5. The molecule has 1 saturated heterocycles. The summed E-state index contributed by atoms with van der Waals surface area (Å²) in [5.74, 6) is -1.75. The first kappa shape index (κ1) is 26.4. The highest BCUT2D eigenvalue weighted by Gasteiger charge is 2.70. The molecule has 4 atom stereocenters. The van der Waals surface area contributed by atoms with Crippen molar-refractivity contribution < 1.29 is 14.4 Å². The van der Waals surface area contributed by atoms with Gasteiger partial charge >= 0.3 is 0 Å². The highest BCUT2D eigenvalue weighted by molar-refractivity contribution is 6.30. The normalized spacial score (nSPS) is 23.6. The third-order valence-corrected chi connectivity index (χ3v) is 9.40. The van der Waals surface area contributed by atoms with E-state index in [0.717, 1.165) is 33.5 Å². The molecule has 6 heteroatoms. The van der Waals surface area contributed by atoms with E-state index in [1.807, 2.05) is 86.3 Å². The number of carbonyl (C=O) groups is 3. The van der Waals surface area contributed by atoms with E-state index in [9.17, 15) is 14.4 Å². The number of para-hydroxylation sites is 1. The van der Waals surface area contributed by atoms with Crippen molar-refractivity contribution in [3.63, 3.8) is 0 Å². The fourth-order valence-corrected chi connectivity index (χ4v) is 7.35. The van der Waals surface area contributed by atoms with Crippen molar-refractivity contribution in [3.05, 3.63) is 135 Å². The molecule has 0 aliphatic carbocycles. The molecule has 7 rings (SSSR count). The van der Waals surface area contributed by atoms with Crippen LogP contribution in [0.25, 0.3) is 5.57 Å². The molecule has 3 aliphatic heterocycles. The van der Waals surface area contributed by atoms with Gasteiger partial charge in [0.25, 0.3) is 0 Å². The highest BCUT2D eigenvalue weighted by atomic mass is 35.5. The van der Waals surface area contributed by atoms with Crippen molar-refractivity contribution in [2.24, 2.45) is 5.92 Å². The molecule has 0 unspecified atom stereocenters. The van der Waals surface area contributed by atoms with Gasteiger partial charge in [-0.3, -0.25) is 14.4 Å². The van der Waals surface area contributed by atoms with E-state index < -0.39 is 23.4 Å². The van der Waals surface area contributed by atoms with Crippen LogP contribution in [0.15, 0.2) is 97.1 Å². The summed E-state index contributed by atoms with van der Waals surface area (Å²) in [5.41, 5.74) is 5.94. The summed E-state index contributed by atoms with van der Waals surface area (Å²) in [6, 6.07) is 26.3. The number of aryl methyl sites for hydroxylation is 2. The molecule has 0 saturated carbocycles. The van der Waals surface area contributed by atoms with Gasteiger partial charge in [0.05, 0.1) is 12.0 Å². The van der Waals surface area contributed by atoms with E-state index in [1.54, 1.807) is 24.3 Å². The van der Waals surface area contributed by atoms with Gasteiger partial charge in [-0.25, -0.2) is 0 Å². The number of carbonyl (C=O) groups excluding carboxylic acids is 3. The van der Waals surface area contributed by atoms with E-state index in [1.165, 1.54) is 0 Å². The summed E-state index contributed by atoms with van der Waals surface area (Å²) in [4.78, 5) is 46.1. The second kappa shape index (κ2) is 9.53. The Morgan fingerprint density at radius 3 is 2.19 bits per heavy atom. The Morgan fingerprint density at radius 2 is 1.45 bits per heavy atom. The fraction of sp³-hybridized carbons (Fsp3) is 0.194. The lowest BCUT2D eigenvalue weighted by molar-refractivity contribution is -0.121. The first-order valence-electron chi connectivity index (χ1n) is 14.1. The van der Waals surface area contributed by atoms with Crippen molar-refractivity contribution in [1.29, 1.82) is 0 Å². The molecule has 0 radical (unpaired) electrons. The van der Waals surface area contributed by atoms with E-state index in [0.29, 0.717) is 21.8 Å². The first-order chi connectivity index (χ1) is 20.2. The maximum atomic E-state index is 14.8. The second-order valence-corrected chi connectivity index (χ2v) is 12.1. The SMILES string of the molecule is CC1=C[C@H]2N(c3ccc(C)cc31)[C@H](C(=O)c1ccc(C)cc1)[C@H](C(=O)c1ccc(Cl)cc1)[C@]21C(=O)Nc2ccccc21. The fourth-order valence-electron chi connectivity index (χ4n) is 7.23. The van der Waals surface area contributed by atoms with Crippen molar-refractivity contribution in [3.8, 4) is 0 Å². The molecule has 1 N–H and O–H groups in total. The van der Waals surface area contributed by atoms with E-state index in [-0.39, 0.29) is 17.5 Å². The Kier molecular flexibility index (Phi) is 6.00. The summed E-state index contributed by atoms with van der Waals surface area (Å²) in [7, 11) is 0. The van der Waals surface area contributed by atoms with Crippen LogP contribution in [-0.2, 0) is 10.2 Å². The number of halogens is 1. The van der Waals surface area contributed by atoms with E-state index in [2.05, 4.69) is 17.5 Å². The van der Waals surface area contributed by atoms with Crippen LogP contribution in [0.3, 0.4) is 0 Å². The number of fused-ring (bicyclic) bond motifs is 6. The molecule has 4 aromatic carbocycles. The summed E-state index contributed by atoms with van der Waals surface area (Å²) in [6.45, 7) is 6.04. The van der Waals surface area contributed by atoms with Gasteiger partial charge in [-0.15, -0.1) is 0 Å². The topological polar surface area (TPSA) is 66.5 Å². The Morgan fingerprint density at radius 1 is 0.810 bits per heavy atom. The van der Waals surface area contributed by atoms with Gasteiger partial charge in [0.2, 0.25) is 5.91 Å². The Balaban J connectivity index is 1.55. The zero-order chi connectivity index (χ0) is 29.3. The van der Waals surface area contributed by atoms with Crippen LogP contribution in [0.4, 0.5) is 11.4 Å². The monoisotopic (exact) mass is 572 g/mol. The summed E-state index contributed by atoms with van der Waals surface area (Å²) < 4.78 is 0. The molecule has 1 amide bonds. The molecule has 0 aromatic heterocycles. The number of Topliss-reactive ketones (excluding diaryl/α,β-unsaturated/α-hetero) is 2. The van der Waals surface area contributed by atoms with Gasteiger partial charge in [-0.2, -0.15) is 0 Å². The number of allylic oxidation sites excluding steroid dienone is 1. The van der Waals surface area contributed by atoms with Crippen LogP contribution < -0.4 is 10.2 Å². The van der Waals surface area contributed by atoms with Gasteiger partial charge in [0, 0.05) is 33.1 Å². The summed E-state index contributed by atoms with van der Waals surface area (Å²) >= 11 is 6.20. The van der Waals surface area contributed by atoms with E-state index in [4.69, 9.17) is 11.6 Å². The van der Waals surface area contributed by atoms with Gasteiger partial charge in [0.1, 0.15) is 11.5 Å². The largest absolute Gasteiger partial charge is 0.352 e. The number of anilines is 2. The summed E-state index contributed by atoms with van der Waals surface area (Å²) in [6.07, 6.45) is 2.08. The molecular formula is C36H29ClN2O3. The Labute approximate surface area is 249 Å². The summed E-state index contributed by atoms with van der Waals surface area (Å²) in [5, 5.41) is 3.59. The molecule has 208 valence electrons. The van der Waals surface area contributed by atoms with Crippen molar-refractivity contribution in [1.82, 2.24) is 0 Å². The van der Waals surface area contributed by atoms with Crippen LogP contribution in [0.1, 0.15) is 49.9 Å². The standard InChI is InChI=1S/C36H29ClN2O3/c1-20-8-11-24(12-9-20)34(41)32-31(33(40)23-13-15-25(37)16-14-23)36(27-6-4-5-7-28(27)38-35(36)42)30-19-22(3)26-18-21(2)10-17-29(26)39(30)32/h4-19,30-32H,1-3H3,(H,38,42)/t30-,31-,32+,36-/m1/s1. The van der Waals surface area contributed by atoms with Crippen molar-refractivity contribution in [2.75, 3.05) is 10.2 Å². The molecule has 5 nitrogen and oxygen atoms in total. The quantitative estimate of drug-likeness (QED) is 0.263. The predicted molar refractivity (Wildman–Crippen MR) is 166 cm³/mol. The minimum atomic E-state index is -1.35. The third kappa shape index (κ3) is 3.66. The smallest absolute Gasteiger partial charge is 0.238 e. The number of nitrogens with one attached hydrogen (secondary N) is 1. The molecule has 3 heterocycles. The molecule has 3 aliphatic rings. The van der Waals surface area contributed by atoms with Gasteiger partial charge in [-0.1, -0.05) is 77.3 Å². The van der Waals surface area contributed by atoms with Gasteiger partial charge < -0.3 is 10.2 Å². The number of nitrogens with zero attached hydrogens (tertiary/aromatic N) is 1. The predicted octanol–water partition coefficient (Wildman–Crippen LogP) is 7.20. The lowest BCUT2D eigenvalue weighted by Gasteiger charge is -2.39. The highest BCUT2D eigenvalue weighted by Crippen LogP contribution is 2.59. The number of rotatable bonds is 4. The minimum Gasteiger partial charge on any atom is -0.352 e. The van der Waals surface area contributed by atoms with Crippen LogP contribution in [0.5, 0.6) is 0 Å². The van der Waals surface area contributed by atoms with Crippen molar-refractivity contribution in [2.45, 2.75) is 38.3 Å². The lowest BCUT2D eigenvalue weighted by atomic mass is 9.64. The number of amides is 1. The lowest BCUT2D eigenvalue weighted by Crippen LogP contribution is -2.51. The molecule has 4 aromatic rings. The molecule has 1 fully saturated rings. The zero-order valence-corrected chi connectivity index (χ0v) is 24.3. The Bertz CT molecular complexity index is 1830. The minimum absolute atomic E-state index is 0.194. The third-order valence-electron chi connectivity index (χ3n) is 9.15. The molecule has 42 heavy (non-hydrogen) atoms. The number of benzene rings is 4. The van der Waals surface area contributed by atoms with E-state index >= 15 is 0 Å². The first-order valence-corrected chi connectivity index (χ1v) is 14.5. The van der Waals surface area contributed by atoms with Crippen LogP contribution in [0, 0.1) is 19.8 Å². The molecule has 0 bridgehead atoms. The molecule has 1 spiro atoms. The van der Waals surface area contributed by atoms with Crippen LogP contribution in [0.2, 0.25) is 5.02 Å². The van der Waals surface area contributed by atoms with Gasteiger partial charge in [-0.05, 0) is 74.4 Å². The Hall–Kier alpha value is -4.48. The van der Waals surface area contributed by atoms with Crippen LogP contribution >= 0.6 is 11.6 Å². The number of ketones is 2. The molecular weight excluding hydrogens is 544 g/mol. The number of hydrogen-bond acceptors (Lipinski definition) is 4. The average Bonchev–Trinajstić information content (AvgIpc) is 3.45.